The highest BCUT2D eigenvalue weighted by Gasteiger charge is 2.19. The van der Waals surface area contributed by atoms with Gasteiger partial charge in [-0.2, -0.15) is 0 Å². The molecule has 2 heterocycles. The maximum absolute atomic E-state index is 11.2. The first-order chi connectivity index (χ1) is 5.86. The summed E-state index contributed by atoms with van der Waals surface area (Å²) < 4.78 is 5.03. The van der Waals surface area contributed by atoms with E-state index in [2.05, 4.69) is 4.98 Å². The molecule has 1 fully saturated rings. The molecule has 0 saturated carbocycles. The molecule has 0 aliphatic carbocycles. The summed E-state index contributed by atoms with van der Waals surface area (Å²) >= 11 is 0. The van der Waals surface area contributed by atoms with E-state index in [1.165, 1.54) is 0 Å². The van der Waals surface area contributed by atoms with Gasteiger partial charge in [0.1, 0.15) is 0 Å². The summed E-state index contributed by atoms with van der Waals surface area (Å²) in [5.41, 5.74) is 0.898. The van der Waals surface area contributed by atoms with E-state index in [4.69, 9.17) is 4.74 Å². The van der Waals surface area contributed by atoms with Crippen LogP contribution in [0.5, 0.6) is 0 Å². The normalized spacial score (nSPS) is 17.3. The fourth-order valence-corrected chi connectivity index (χ4v) is 1.33. The minimum Gasteiger partial charge on any atom is -0.381 e. The molecule has 0 amide bonds. The molecule has 12 heavy (non-hydrogen) atoms. The largest absolute Gasteiger partial charge is 0.381 e. The van der Waals surface area contributed by atoms with Crippen LogP contribution in [0.1, 0.15) is 5.56 Å². The molecule has 1 aliphatic rings. The molecule has 3 heteroatoms. The lowest BCUT2D eigenvalue weighted by Crippen LogP contribution is -2.31. The highest BCUT2D eigenvalue weighted by molar-refractivity contribution is 5.10. The second-order valence-electron chi connectivity index (χ2n) is 3.13. The van der Waals surface area contributed by atoms with Crippen LogP contribution in [-0.4, -0.2) is 18.2 Å². The monoisotopic (exact) mass is 165 g/mol. The predicted molar refractivity (Wildman–Crippen MR) is 45.1 cm³/mol. The lowest BCUT2D eigenvalue weighted by atomic mass is 9.99. The summed E-state index contributed by atoms with van der Waals surface area (Å²) in [4.78, 5) is 13.9. The molecule has 1 saturated heterocycles. The zero-order valence-corrected chi connectivity index (χ0v) is 6.75. The van der Waals surface area contributed by atoms with Crippen LogP contribution in [0, 0.1) is 5.92 Å². The van der Waals surface area contributed by atoms with Crippen molar-refractivity contribution in [3.63, 3.8) is 0 Å². The van der Waals surface area contributed by atoms with Gasteiger partial charge in [-0.15, -0.1) is 0 Å². The summed E-state index contributed by atoms with van der Waals surface area (Å²) in [7, 11) is 0. The Morgan fingerprint density at radius 3 is 3.00 bits per heavy atom. The van der Waals surface area contributed by atoms with Crippen molar-refractivity contribution in [3.05, 3.63) is 34.2 Å². The summed E-state index contributed by atoms with van der Waals surface area (Å²) in [6, 6.07) is 3.73. The van der Waals surface area contributed by atoms with E-state index >= 15 is 0 Å². The van der Waals surface area contributed by atoms with Crippen molar-refractivity contribution in [2.75, 3.05) is 13.2 Å². The summed E-state index contributed by atoms with van der Waals surface area (Å²) in [6.45, 7) is 1.60. The third kappa shape index (κ3) is 1.41. The summed E-state index contributed by atoms with van der Waals surface area (Å²) in [5.74, 6) is 0.550. The number of rotatable bonds is 2. The first-order valence-corrected chi connectivity index (χ1v) is 4.10. The molecule has 2 rings (SSSR count). The second-order valence-corrected chi connectivity index (χ2v) is 3.13. The van der Waals surface area contributed by atoms with Crippen LogP contribution in [0.3, 0.4) is 0 Å². The second kappa shape index (κ2) is 3.11. The van der Waals surface area contributed by atoms with E-state index in [1.54, 1.807) is 6.20 Å². The van der Waals surface area contributed by atoms with E-state index in [-0.39, 0.29) is 5.56 Å². The van der Waals surface area contributed by atoms with Crippen molar-refractivity contribution in [1.29, 1.82) is 0 Å². The quantitative estimate of drug-likeness (QED) is 0.695. The predicted octanol–water partition coefficient (Wildman–Crippen LogP) is 0.564. The lowest BCUT2D eigenvalue weighted by Gasteiger charge is -2.25. The van der Waals surface area contributed by atoms with Crippen molar-refractivity contribution in [1.82, 2.24) is 4.98 Å². The maximum Gasteiger partial charge on any atom is 0.251 e. The van der Waals surface area contributed by atoms with E-state index in [0.717, 1.165) is 25.2 Å². The zero-order chi connectivity index (χ0) is 8.39. The average Bonchev–Trinajstić information content (AvgIpc) is 2.00. The van der Waals surface area contributed by atoms with E-state index < -0.39 is 0 Å². The third-order valence-electron chi connectivity index (χ3n) is 2.12. The van der Waals surface area contributed by atoms with E-state index in [0.29, 0.717) is 5.92 Å². The van der Waals surface area contributed by atoms with Gasteiger partial charge in [0.05, 0.1) is 13.2 Å². The Hall–Kier alpha value is -1.09. The van der Waals surface area contributed by atoms with Gasteiger partial charge >= 0.3 is 0 Å². The minimum atomic E-state index is 0.0319. The SMILES string of the molecule is O=c1[nH]cccc1CC1COC1. The van der Waals surface area contributed by atoms with Gasteiger partial charge in [-0.1, -0.05) is 6.07 Å². The number of hydrogen-bond donors (Lipinski definition) is 1. The summed E-state index contributed by atoms with van der Waals surface area (Å²) in [6.07, 6.45) is 2.50. The van der Waals surface area contributed by atoms with Crippen LogP contribution in [0.2, 0.25) is 0 Å². The first-order valence-electron chi connectivity index (χ1n) is 4.10. The van der Waals surface area contributed by atoms with Gasteiger partial charge < -0.3 is 9.72 Å². The Kier molecular flexibility index (Phi) is 1.96. The zero-order valence-electron chi connectivity index (χ0n) is 6.75. The number of aromatic nitrogens is 1. The fraction of sp³-hybridized carbons (Fsp3) is 0.444. The van der Waals surface area contributed by atoms with Crippen molar-refractivity contribution < 1.29 is 4.74 Å². The Balaban J connectivity index is 2.11. The standard InChI is InChI=1S/C9H11NO2/c11-9-8(2-1-3-10-9)4-7-5-12-6-7/h1-3,7H,4-6H2,(H,10,11). The van der Waals surface area contributed by atoms with E-state index in [9.17, 15) is 4.79 Å². The number of ether oxygens (including phenoxy) is 1. The van der Waals surface area contributed by atoms with Gasteiger partial charge in [0.15, 0.2) is 0 Å². The van der Waals surface area contributed by atoms with Crippen LogP contribution in [0.25, 0.3) is 0 Å². The van der Waals surface area contributed by atoms with Gasteiger partial charge in [-0.05, 0) is 12.5 Å². The number of aromatic amines is 1. The van der Waals surface area contributed by atoms with Crippen molar-refractivity contribution in [2.45, 2.75) is 6.42 Å². The third-order valence-corrected chi connectivity index (χ3v) is 2.12. The van der Waals surface area contributed by atoms with Crippen molar-refractivity contribution in [3.8, 4) is 0 Å². The fourth-order valence-electron chi connectivity index (χ4n) is 1.33. The topological polar surface area (TPSA) is 42.1 Å². The lowest BCUT2D eigenvalue weighted by molar-refractivity contribution is -0.0313. The molecule has 0 bridgehead atoms. The van der Waals surface area contributed by atoms with Gasteiger partial charge in [-0.3, -0.25) is 4.79 Å². The van der Waals surface area contributed by atoms with Crippen LogP contribution < -0.4 is 5.56 Å². The molecular formula is C9H11NO2. The van der Waals surface area contributed by atoms with Gasteiger partial charge in [0, 0.05) is 17.7 Å². The van der Waals surface area contributed by atoms with Crippen LogP contribution in [0.15, 0.2) is 23.1 Å². The minimum absolute atomic E-state index is 0.0319. The molecule has 0 spiro atoms. The van der Waals surface area contributed by atoms with Crippen molar-refractivity contribution >= 4 is 0 Å². The molecular weight excluding hydrogens is 154 g/mol. The summed E-state index contributed by atoms with van der Waals surface area (Å²) in [5, 5.41) is 0. The van der Waals surface area contributed by atoms with Gasteiger partial charge in [0.25, 0.3) is 5.56 Å². The smallest absolute Gasteiger partial charge is 0.251 e. The molecule has 1 aromatic rings. The number of hydrogen-bond acceptors (Lipinski definition) is 2. The molecule has 0 radical (unpaired) electrons. The van der Waals surface area contributed by atoms with Gasteiger partial charge in [0.2, 0.25) is 0 Å². The number of nitrogens with one attached hydrogen (secondary N) is 1. The highest BCUT2D eigenvalue weighted by atomic mass is 16.5. The molecule has 1 aliphatic heterocycles. The van der Waals surface area contributed by atoms with Crippen LogP contribution in [-0.2, 0) is 11.2 Å². The Morgan fingerprint density at radius 1 is 1.58 bits per heavy atom. The molecule has 1 aromatic heterocycles. The highest BCUT2D eigenvalue weighted by Crippen LogP contribution is 2.13. The number of H-pyrrole nitrogens is 1. The average molecular weight is 165 g/mol. The van der Waals surface area contributed by atoms with Crippen LogP contribution >= 0.6 is 0 Å². The van der Waals surface area contributed by atoms with Crippen LogP contribution in [0.4, 0.5) is 0 Å². The Labute approximate surface area is 70.4 Å². The molecule has 0 unspecified atom stereocenters. The molecule has 64 valence electrons. The molecule has 3 nitrogen and oxygen atoms in total. The number of pyridine rings is 1. The Morgan fingerprint density at radius 2 is 2.42 bits per heavy atom. The van der Waals surface area contributed by atoms with Crippen molar-refractivity contribution in [2.24, 2.45) is 5.92 Å². The molecule has 0 aromatic carbocycles. The van der Waals surface area contributed by atoms with Gasteiger partial charge in [-0.25, -0.2) is 0 Å². The van der Waals surface area contributed by atoms with E-state index in [1.807, 2.05) is 12.1 Å². The maximum atomic E-state index is 11.2. The molecule has 1 N–H and O–H groups in total. The molecule has 0 atom stereocenters. The Bertz CT molecular complexity index is 314. The first kappa shape index (κ1) is 7.55.